The Hall–Kier alpha value is -2.93. The lowest BCUT2D eigenvalue weighted by Gasteiger charge is -2.11. The molecule has 2 heterocycles. The maximum Gasteiger partial charge on any atom is 0.274 e. The highest BCUT2D eigenvalue weighted by molar-refractivity contribution is 7.80. The highest BCUT2D eigenvalue weighted by Gasteiger charge is 2.16. The third-order valence-corrected chi connectivity index (χ3v) is 4.97. The first kappa shape index (κ1) is 17.5. The molecule has 0 saturated heterocycles. The highest BCUT2D eigenvalue weighted by atomic mass is 32.1. The van der Waals surface area contributed by atoms with Crippen LogP contribution in [0.2, 0.25) is 0 Å². The van der Waals surface area contributed by atoms with Crippen LogP contribution in [0.25, 0.3) is 5.78 Å². The van der Waals surface area contributed by atoms with Crippen LogP contribution in [0.5, 0.6) is 0 Å². The van der Waals surface area contributed by atoms with Crippen LogP contribution in [-0.2, 0) is 6.42 Å². The average molecular weight is 380 g/mol. The summed E-state index contributed by atoms with van der Waals surface area (Å²) in [4.78, 5) is 21.3. The zero-order chi connectivity index (χ0) is 19.0. The van der Waals surface area contributed by atoms with Gasteiger partial charge in [-0.1, -0.05) is 42.5 Å². The Bertz CT molecular complexity index is 1170. The number of hydrogen-bond donors (Lipinski definition) is 2. The monoisotopic (exact) mass is 380 g/mol. The first-order valence-corrected chi connectivity index (χ1v) is 8.99. The van der Waals surface area contributed by atoms with Gasteiger partial charge < -0.3 is 0 Å². The Morgan fingerprint density at radius 2 is 1.93 bits per heavy atom. The second-order valence-corrected chi connectivity index (χ2v) is 6.91. The van der Waals surface area contributed by atoms with Gasteiger partial charge in [0.2, 0.25) is 0 Å². The van der Waals surface area contributed by atoms with E-state index in [0.717, 1.165) is 5.56 Å². The molecule has 2 aromatic heterocycles. The smallest absolute Gasteiger partial charge is 0.274 e. The van der Waals surface area contributed by atoms with E-state index in [0.29, 0.717) is 29.1 Å². The SMILES string of the molecule is Cc1ccc(C(S)c2cc(=O)n3[nH]c(Cc4ccccc4)nc3n2)cc1F. The van der Waals surface area contributed by atoms with Crippen LogP contribution in [0.15, 0.2) is 59.4 Å². The first-order chi connectivity index (χ1) is 13.0. The zero-order valence-electron chi connectivity index (χ0n) is 14.6. The van der Waals surface area contributed by atoms with Gasteiger partial charge in [-0.3, -0.25) is 9.89 Å². The molecule has 0 aliphatic heterocycles. The molecule has 0 spiro atoms. The van der Waals surface area contributed by atoms with Crippen LogP contribution in [0.4, 0.5) is 4.39 Å². The van der Waals surface area contributed by atoms with Crippen molar-refractivity contribution in [1.82, 2.24) is 19.6 Å². The molecule has 1 unspecified atom stereocenters. The molecule has 2 aromatic carbocycles. The van der Waals surface area contributed by atoms with Crippen molar-refractivity contribution < 1.29 is 4.39 Å². The summed E-state index contributed by atoms with van der Waals surface area (Å²) >= 11 is 4.54. The van der Waals surface area contributed by atoms with Crippen molar-refractivity contribution in [2.75, 3.05) is 0 Å². The number of halogens is 1. The van der Waals surface area contributed by atoms with Crippen LogP contribution >= 0.6 is 12.6 Å². The van der Waals surface area contributed by atoms with Crippen molar-refractivity contribution in [3.8, 4) is 0 Å². The molecule has 0 aliphatic rings. The van der Waals surface area contributed by atoms with E-state index in [1.54, 1.807) is 19.1 Å². The van der Waals surface area contributed by atoms with Crippen LogP contribution in [0.3, 0.4) is 0 Å². The topological polar surface area (TPSA) is 63.0 Å². The number of aryl methyl sites for hydroxylation is 1. The number of thiol groups is 1. The van der Waals surface area contributed by atoms with Crippen LogP contribution in [0, 0.1) is 12.7 Å². The van der Waals surface area contributed by atoms with Crippen molar-refractivity contribution in [3.05, 3.63) is 99.0 Å². The molecule has 5 nitrogen and oxygen atoms in total. The lowest BCUT2D eigenvalue weighted by atomic mass is 10.1. The van der Waals surface area contributed by atoms with Gasteiger partial charge in [0, 0.05) is 12.5 Å². The standard InChI is InChI=1S/C20H17FN4OS/c1-12-7-8-14(10-15(12)21)19(27)16-11-18(26)25-20(22-16)23-17(24-25)9-13-5-3-2-4-6-13/h2-8,10-11,19,27H,9H2,1H3,(H,22,23,24). The number of fused-ring (bicyclic) bond motifs is 1. The number of hydrogen-bond acceptors (Lipinski definition) is 4. The van der Waals surface area contributed by atoms with E-state index >= 15 is 0 Å². The Labute approximate surface area is 160 Å². The molecule has 136 valence electrons. The molecule has 0 saturated carbocycles. The highest BCUT2D eigenvalue weighted by Crippen LogP contribution is 2.27. The summed E-state index contributed by atoms with van der Waals surface area (Å²) in [6, 6.07) is 16.1. The normalized spacial score (nSPS) is 12.4. The summed E-state index contributed by atoms with van der Waals surface area (Å²) in [5.41, 5.74) is 2.42. The largest absolute Gasteiger partial charge is 0.275 e. The van der Waals surface area contributed by atoms with Gasteiger partial charge in [0.05, 0.1) is 10.9 Å². The van der Waals surface area contributed by atoms with Gasteiger partial charge in [-0.2, -0.15) is 22.1 Å². The van der Waals surface area contributed by atoms with Crippen molar-refractivity contribution in [2.45, 2.75) is 18.6 Å². The zero-order valence-corrected chi connectivity index (χ0v) is 15.5. The summed E-state index contributed by atoms with van der Waals surface area (Å²) in [6.07, 6.45) is 0.562. The molecule has 1 N–H and O–H groups in total. The van der Waals surface area contributed by atoms with Gasteiger partial charge in [-0.15, -0.1) is 0 Å². The van der Waals surface area contributed by atoms with Crippen molar-refractivity contribution >= 4 is 18.4 Å². The molecule has 0 aliphatic carbocycles. The summed E-state index contributed by atoms with van der Waals surface area (Å²) in [7, 11) is 0. The lowest BCUT2D eigenvalue weighted by Crippen LogP contribution is -2.16. The van der Waals surface area contributed by atoms with E-state index in [1.165, 1.54) is 16.6 Å². The fourth-order valence-electron chi connectivity index (χ4n) is 2.90. The van der Waals surface area contributed by atoms with E-state index in [9.17, 15) is 9.18 Å². The number of aromatic nitrogens is 4. The predicted octanol–water partition coefficient (Wildman–Crippen LogP) is 3.48. The minimum Gasteiger partial charge on any atom is -0.275 e. The molecule has 0 bridgehead atoms. The average Bonchev–Trinajstić information content (AvgIpc) is 3.07. The molecular weight excluding hydrogens is 363 g/mol. The summed E-state index contributed by atoms with van der Waals surface area (Å²) in [6.45, 7) is 1.70. The van der Waals surface area contributed by atoms with E-state index in [2.05, 4.69) is 27.7 Å². The second-order valence-electron chi connectivity index (χ2n) is 6.40. The maximum absolute atomic E-state index is 13.9. The first-order valence-electron chi connectivity index (χ1n) is 8.48. The lowest BCUT2D eigenvalue weighted by molar-refractivity contribution is 0.616. The van der Waals surface area contributed by atoms with Gasteiger partial charge in [0.15, 0.2) is 0 Å². The molecule has 0 radical (unpaired) electrons. The number of nitrogens with zero attached hydrogens (tertiary/aromatic N) is 3. The Kier molecular flexibility index (Phi) is 4.53. The molecule has 27 heavy (non-hydrogen) atoms. The third-order valence-electron chi connectivity index (χ3n) is 4.40. The quantitative estimate of drug-likeness (QED) is 0.533. The molecule has 7 heteroatoms. The van der Waals surface area contributed by atoms with Crippen molar-refractivity contribution in [3.63, 3.8) is 0 Å². The van der Waals surface area contributed by atoms with Gasteiger partial charge in [-0.05, 0) is 29.7 Å². The van der Waals surface area contributed by atoms with Gasteiger partial charge >= 0.3 is 0 Å². The molecule has 4 rings (SSSR count). The van der Waals surface area contributed by atoms with Gasteiger partial charge in [0.1, 0.15) is 11.6 Å². The molecule has 1 atom stereocenters. The van der Waals surface area contributed by atoms with Crippen LogP contribution < -0.4 is 5.56 Å². The molecule has 0 amide bonds. The van der Waals surface area contributed by atoms with Crippen LogP contribution in [-0.4, -0.2) is 19.6 Å². The Morgan fingerprint density at radius 3 is 2.67 bits per heavy atom. The third kappa shape index (κ3) is 3.50. The van der Waals surface area contributed by atoms with E-state index in [-0.39, 0.29) is 17.2 Å². The Balaban J connectivity index is 1.70. The fourth-order valence-corrected chi connectivity index (χ4v) is 3.19. The Morgan fingerprint density at radius 1 is 1.15 bits per heavy atom. The number of aromatic amines is 1. The second kappa shape index (κ2) is 7.00. The number of rotatable bonds is 4. The van der Waals surface area contributed by atoms with E-state index in [1.807, 2.05) is 30.3 Å². The number of benzene rings is 2. The summed E-state index contributed by atoms with van der Waals surface area (Å²) in [5.74, 6) is 0.601. The minimum atomic E-state index is -0.521. The van der Waals surface area contributed by atoms with E-state index < -0.39 is 5.25 Å². The van der Waals surface area contributed by atoms with Crippen molar-refractivity contribution in [2.24, 2.45) is 0 Å². The van der Waals surface area contributed by atoms with Crippen molar-refractivity contribution in [1.29, 1.82) is 0 Å². The summed E-state index contributed by atoms with van der Waals surface area (Å²) < 4.78 is 15.2. The van der Waals surface area contributed by atoms with Gasteiger partial charge in [0.25, 0.3) is 11.3 Å². The van der Waals surface area contributed by atoms with E-state index in [4.69, 9.17) is 0 Å². The minimum absolute atomic E-state index is 0.273. The van der Waals surface area contributed by atoms with Gasteiger partial charge in [-0.25, -0.2) is 9.37 Å². The van der Waals surface area contributed by atoms with Crippen LogP contribution in [0.1, 0.15) is 33.5 Å². The fraction of sp³-hybridized carbons (Fsp3) is 0.150. The molecule has 0 fully saturated rings. The summed E-state index contributed by atoms with van der Waals surface area (Å²) in [5, 5.41) is 2.46. The predicted molar refractivity (Wildman–Crippen MR) is 105 cm³/mol. The molecular formula is C20H17FN4OS. The molecule has 4 aromatic rings. The maximum atomic E-state index is 13.9. The number of H-pyrrole nitrogens is 1. The number of nitrogens with one attached hydrogen (secondary N) is 1.